The van der Waals surface area contributed by atoms with Crippen LogP contribution in [0.1, 0.15) is 12.6 Å². The van der Waals surface area contributed by atoms with E-state index in [9.17, 15) is 26.2 Å². The molecule has 0 fully saturated rings. The number of carbonyl (C=O) groups is 1. The molecule has 14 heteroatoms. The largest absolute Gasteiger partial charge is 0.748 e. The number of thiophene rings is 1. The van der Waals surface area contributed by atoms with Crippen molar-refractivity contribution in [3.05, 3.63) is 88.4 Å². The molecule has 0 atom stereocenters. The highest BCUT2D eigenvalue weighted by molar-refractivity contribution is 8.03. The second-order valence-corrected chi connectivity index (χ2v) is 15.3. The number of aromatic nitrogens is 1. The summed E-state index contributed by atoms with van der Waals surface area (Å²) in [6, 6.07) is 19.5. The fourth-order valence-electron chi connectivity index (χ4n) is 4.86. The SMILES string of the molecule is COc1csc2ccc(/C=C(C)/C=C3/Sc4ccc(-c5ccccc5)cc4N3CC(=O)NS(C)(=O)=O)[n+](CCS(=O)(=O)[O-])c12. The summed E-state index contributed by atoms with van der Waals surface area (Å²) in [4.78, 5) is 15.5. The average molecular weight is 672 g/mol. The first kappa shape index (κ1) is 31.7. The van der Waals surface area contributed by atoms with Crippen LogP contribution in [-0.4, -0.2) is 53.0 Å². The Morgan fingerprint density at radius 1 is 1.07 bits per heavy atom. The molecular formula is C30H29N3O7S4. The number of pyridine rings is 1. The van der Waals surface area contributed by atoms with Crippen LogP contribution in [0.5, 0.6) is 5.75 Å². The highest BCUT2D eigenvalue weighted by Crippen LogP contribution is 2.47. The highest BCUT2D eigenvalue weighted by Gasteiger charge is 2.29. The maximum Gasteiger partial charge on any atom is 0.266 e. The molecule has 0 saturated carbocycles. The third kappa shape index (κ3) is 7.50. The van der Waals surface area contributed by atoms with E-state index in [1.807, 2.05) is 89.8 Å². The van der Waals surface area contributed by atoms with Gasteiger partial charge in [0.25, 0.3) is 11.4 Å². The molecule has 2 aromatic carbocycles. The highest BCUT2D eigenvalue weighted by atomic mass is 32.2. The van der Waals surface area contributed by atoms with E-state index >= 15 is 0 Å². The third-order valence-electron chi connectivity index (χ3n) is 6.70. The molecule has 0 unspecified atom stereocenters. The monoisotopic (exact) mass is 671 g/mol. The van der Waals surface area contributed by atoms with E-state index in [4.69, 9.17) is 4.74 Å². The van der Waals surface area contributed by atoms with Crippen LogP contribution in [0.4, 0.5) is 5.69 Å². The number of anilines is 1. The molecule has 0 radical (unpaired) electrons. The van der Waals surface area contributed by atoms with Gasteiger partial charge in [-0.05, 0) is 47.9 Å². The van der Waals surface area contributed by atoms with E-state index in [2.05, 4.69) is 0 Å². The lowest BCUT2D eigenvalue weighted by Gasteiger charge is -2.20. The van der Waals surface area contributed by atoms with Gasteiger partial charge in [-0.15, -0.1) is 11.3 Å². The van der Waals surface area contributed by atoms with Crippen LogP contribution < -0.4 is 18.9 Å². The topological polar surface area (TPSA) is 137 Å². The summed E-state index contributed by atoms with van der Waals surface area (Å²) >= 11 is 2.89. The van der Waals surface area contributed by atoms with E-state index in [0.29, 0.717) is 22.0 Å². The second-order valence-electron chi connectivity index (χ2n) is 10.1. The van der Waals surface area contributed by atoms with Gasteiger partial charge in [0.05, 0.1) is 29.8 Å². The number of carbonyl (C=O) groups excluding carboxylic acids is 1. The number of fused-ring (bicyclic) bond motifs is 2. The van der Waals surface area contributed by atoms with Crippen LogP contribution in [0, 0.1) is 0 Å². The molecular weight excluding hydrogens is 643 g/mol. The molecule has 5 rings (SSSR count). The quantitative estimate of drug-likeness (QED) is 0.193. The summed E-state index contributed by atoms with van der Waals surface area (Å²) in [6.45, 7) is 1.57. The number of rotatable bonds is 10. The zero-order valence-electron chi connectivity index (χ0n) is 24.0. The van der Waals surface area contributed by atoms with Gasteiger partial charge in [-0.1, -0.05) is 48.2 Å². The predicted molar refractivity (Wildman–Crippen MR) is 173 cm³/mol. The fraction of sp³-hybridized carbons (Fsp3) is 0.200. The molecule has 0 spiro atoms. The van der Waals surface area contributed by atoms with Gasteiger partial charge < -0.3 is 14.2 Å². The molecule has 1 aliphatic rings. The van der Waals surface area contributed by atoms with E-state index < -0.39 is 31.8 Å². The number of benzene rings is 2. The van der Waals surface area contributed by atoms with Gasteiger partial charge in [-0.2, -0.15) is 4.57 Å². The molecule has 230 valence electrons. The minimum atomic E-state index is -4.48. The number of sulfonamides is 1. The third-order valence-corrected chi connectivity index (χ3v) is 10.0. The predicted octanol–water partition coefficient (Wildman–Crippen LogP) is 4.34. The van der Waals surface area contributed by atoms with Crippen molar-refractivity contribution in [3.63, 3.8) is 0 Å². The summed E-state index contributed by atoms with van der Waals surface area (Å²) in [5, 5.41) is 2.52. The fourth-order valence-corrected chi connectivity index (χ4v) is 7.81. The van der Waals surface area contributed by atoms with Crippen molar-refractivity contribution in [3.8, 4) is 16.9 Å². The lowest BCUT2D eigenvalue weighted by molar-refractivity contribution is -0.668. The number of aryl methyl sites for hydroxylation is 1. The summed E-state index contributed by atoms with van der Waals surface area (Å²) in [5.41, 5.74) is 4.81. The van der Waals surface area contributed by atoms with Crippen molar-refractivity contribution < 1.29 is 35.5 Å². The Morgan fingerprint density at radius 3 is 2.50 bits per heavy atom. The maximum absolute atomic E-state index is 12.8. The Morgan fingerprint density at radius 2 is 1.82 bits per heavy atom. The van der Waals surface area contributed by atoms with Crippen molar-refractivity contribution in [2.24, 2.45) is 0 Å². The lowest BCUT2D eigenvalue weighted by Crippen LogP contribution is -2.41. The van der Waals surface area contributed by atoms with Gasteiger partial charge in [0.1, 0.15) is 21.4 Å². The number of nitrogens with zero attached hydrogens (tertiary/aromatic N) is 2. The number of nitrogens with one attached hydrogen (secondary N) is 1. The molecule has 1 N–H and O–H groups in total. The standard InChI is InChI=1S/C30H29N3O7S4/c1-20(15-23-10-12-27-30(25(40-2)19-41-27)32(23)13-14-44(37,38)39)16-29-33(18-28(34)31-43(3,35)36)24-17-22(9-11-26(24)42-29)21-7-5-4-6-8-21/h4-12,15-17,19H,13-14,18H2,1-3H3,(H-,31,34,37,38,39). The van der Waals surface area contributed by atoms with Gasteiger partial charge in [-0.3, -0.25) is 9.52 Å². The van der Waals surface area contributed by atoms with Crippen LogP contribution in [0.25, 0.3) is 27.4 Å². The van der Waals surface area contributed by atoms with Crippen LogP contribution in [0.2, 0.25) is 0 Å². The van der Waals surface area contributed by atoms with Crippen molar-refractivity contribution >= 4 is 71.1 Å². The minimum Gasteiger partial charge on any atom is -0.748 e. The van der Waals surface area contributed by atoms with Gasteiger partial charge in [0.2, 0.25) is 21.5 Å². The number of methoxy groups -OCH3 is 1. The maximum atomic E-state index is 12.8. The van der Waals surface area contributed by atoms with E-state index in [1.165, 1.54) is 30.2 Å². The van der Waals surface area contributed by atoms with Crippen molar-refractivity contribution in [1.29, 1.82) is 0 Å². The minimum absolute atomic E-state index is 0.0633. The Kier molecular flexibility index (Phi) is 9.18. The first-order chi connectivity index (χ1) is 20.8. The Balaban J connectivity index is 1.56. The second kappa shape index (κ2) is 12.7. The van der Waals surface area contributed by atoms with Crippen LogP contribution in [0.3, 0.4) is 0 Å². The summed E-state index contributed by atoms with van der Waals surface area (Å²) in [5.74, 6) is -0.696. The summed E-state index contributed by atoms with van der Waals surface area (Å²) in [6.07, 6.45) is 4.67. The molecule has 3 heterocycles. The normalized spacial score (nSPS) is 14.7. The number of hydrogen-bond donors (Lipinski definition) is 1. The van der Waals surface area contributed by atoms with Gasteiger partial charge >= 0.3 is 0 Å². The van der Waals surface area contributed by atoms with Crippen molar-refractivity contribution in [1.82, 2.24) is 4.72 Å². The molecule has 4 aromatic rings. The van der Waals surface area contributed by atoms with E-state index in [-0.39, 0.29) is 13.1 Å². The molecule has 2 aromatic heterocycles. The van der Waals surface area contributed by atoms with Gasteiger partial charge in [0, 0.05) is 22.4 Å². The number of amides is 1. The lowest BCUT2D eigenvalue weighted by atomic mass is 10.0. The van der Waals surface area contributed by atoms with Crippen LogP contribution in [0.15, 0.2) is 87.6 Å². The molecule has 0 bridgehead atoms. The first-order valence-electron chi connectivity index (χ1n) is 13.3. The summed E-state index contributed by atoms with van der Waals surface area (Å²) in [7, 11) is -6.70. The average Bonchev–Trinajstić information content (AvgIpc) is 3.52. The molecule has 10 nitrogen and oxygen atoms in total. The van der Waals surface area contributed by atoms with Gasteiger partial charge in [-0.25, -0.2) is 16.8 Å². The van der Waals surface area contributed by atoms with E-state index in [1.54, 1.807) is 9.47 Å². The van der Waals surface area contributed by atoms with Crippen molar-refractivity contribution in [2.75, 3.05) is 30.6 Å². The van der Waals surface area contributed by atoms with Crippen LogP contribution >= 0.6 is 23.1 Å². The Bertz CT molecular complexity index is 2020. The molecule has 1 amide bonds. The van der Waals surface area contributed by atoms with Crippen LogP contribution in [-0.2, 0) is 31.5 Å². The molecule has 1 aliphatic heterocycles. The number of hydrogen-bond acceptors (Lipinski definition) is 10. The number of ether oxygens (including phenoxy) is 1. The number of allylic oxidation sites excluding steroid dienone is 2. The van der Waals surface area contributed by atoms with E-state index in [0.717, 1.165) is 38.2 Å². The zero-order chi connectivity index (χ0) is 31.6. The zero-order valence-corrected chi connectivity index (χ0v) is 27.3. The first-order valence-corrected chi connectivity index (χ1v) is 18.4. The smallest absolute Gasteiger partial charge is 0.266 e. The Labute approximate surface area is 264 Å². The van der Waals surface area contributed by atoms with Gasteiger partial charge in [0.15, 0.2) is 6.54 Å². The Hall–Kier alpha value is -3.69. The molecule has 0 saturated heterocycles. The molecule has 44 heavy (non-hydrogen) atoms. The summed E-state index contributed by atoms with van der Waals surface area (Å²) < 4.78 is 68.3. The number of thioether (sulfide) groups is 1. The van der Waals surface area contributed by atoms with Crippen molar-refractivity contribution in [2.45, 2.75) is 18.4 Å². The molecule has 0 aliphatic carbocycles.